The van der Waals surface area contributed by atoms with Crippen LogP contribution in [0.15, 0.2) is 52.9 Å². The predicted molar refractivity (Wildman–Crippen MR) is 119 cm³/mol. The number of nitrogens with one attached hydrogen (secondary N) is 1. The Balaban J connectivity index is 1.65. The lowest BCUT2D eigenvalue weighted by molar-refractivity contribution is 0.131. The van der Waals surface area contributed by atoms with E-state index in [0.29, 0.717) is 10.9 Å². The molecule has 0 aliphatic heterocycles. The molecule has 0 bridgehead atoms. The van der Waals surface area contributed by atoms with Gasteiger partial charge < -0.3 is 14.2 Å². The first-order chi connectivity index (χ1) is 13.9. The molecule has 0 saturated carbocycles. The minimum atomic E-state index is -0.216. The van der Waals surface area contributed by atoms with Gasteiger partial charge in [-0.15, -0.1) is 11.3 Å². The van der Waals surface area contributed by atoms with Crippen LogP contribution in [0, 0.1) is 0 Å². The first-order valence-corrected chi connectivity index (χ1v) is 10.0. The Hall–Kier alpha value is -3.06. The van der Waals surface area contributed by atoms with Crippen LogP contribution in [-0.4, -0.2) is 31.0 Å². The highest BCUT2D eigenvalue weighted by molar-refractivity contribution is 7.14. The van der Waals surface area contributed by atoms with Gasteiger partial charge in [0, 0.05) is 17.0 Å². The summed E-state index contributed by atoms with van der Waals surface area (Å²) in [6.45, 7) is 6.07. The Morgan fingerprint density at radius 2 is 1.72 bits per heavy atom. The van der Waals surface area contributed by atoms with Gasteiger partial charge in [-0.1, -0.05) is 0 Å². The fourth-order valence-electron chi connectivity index (χ4n) is 2.60. The van der Waals surface area contributed by atoms with Gasteiger partial charge in [-0.25, -0.2) is 4.98 Å². The third kappa shape index (κ3) is 5.71. The molecule has 0 fully saturated rings. The average molecular weight is 412 g/mol. The molecule has 0 saturated heterocycles. The van der Waals surface area contributed by atoms with Crippen LogP contribution in [-0.2, 0) is 0 Å². The number of anilines is 1. The van der Waals surface area contributed by atoms with Crippen LogP contribution in [0.4, 0.5) is 5.13 Å². The van der Waals surface area contributed by atoms with E-state index in [9.17, 15) is 0 Å². The van der Waals surface area contributed by atoms with E-state index in [1.807, 2.05) is 68.6 Å². The van der Waals surface area contributed by atoms with E-state index in [4.69, 9.17) is 14.2 Å². The quantitative estimate of drug-likeness (QED) is 0.414. The summed E-state index contributed by atoms with van der Waals surface area (Å²) in [5.41, 5.74) is 5.44. The van der Waals surface area contributed by atoms with Gasteiger partial charge in [-0.3, -0.25) is 5.43 Å². The van der Waals surface area contributed by atoms with Crippen molar-refractivity contribution in [3.63, 3.8) is 0 Å². The van der Waals surface area contributed by atoms with Crippen molar-refractivity contribution in [2.24, 2.45) is 5.10 Å². The number of thiazole rings is 1. The summed E-state index contributed by atoms with van der Waals surface area (Å²) in [6, 6.07) is 13.4. The van der Waals surface area contributed by atoms with Crippen LogP contribution in [0.25, 0.3) is 11.3 Å². The molecule has 6 nitrogen and oxygen atoms in total. The molecule has 1 aromatic heterocycles. The Bertz CT molecular complexity index is 976. The second-order valence-electron chi connectivity index (χ2n) is 7.26. The summed E-state index contributed by atoms with van der Waals surface area (Å²) in [7, 11) is 3.26. The molecule has 2 aromatic carbocycles. The van der Waals surface area contributed by atoms with Gasteiger partial charge in [-0.05, 0) is 62.7 Å². The predicted octanol–water partition coefficient (Wildman–Crippen LogP) is 5.45. The van der Waals surface area contributed by atoms with Crippen LogP contribution in [0.5, 0.6) is 17.2 Å². The smallest absolute Gasteiger partial charge is 0.203 e. The summed E-state index contributed by atoms with van der Waals surface area (Å²) in [4.78, 5) is 4.58. The Morgan fingerprint density at radius 3 is 2.38 bits per heavy atom. The van der Waals surface area contributed by atoms with Gasteiger partial charge >= 0.3 is 0 Å². The lowest BCUT2D eigenvalue weighted by atomic mass is 10.1. The molecular weight excluding hydrogens is 386 g/mol. The topological polar surface area (TPSA) is 65.0 Å². The molecule has 29 heavy (non-hydrogen) atoms. The molecule has 7 heteroatoms. The second-order valence-corrected chi connectivity index (χ2v) is 8.12. The highest BCUT2D eigenvalue weighted by Crippen LogP contribution is 2.34. The summed E-state index contributed by atoms with van der Waals surface area (Å²) in [5, 5.41) is 6.93. The molecule has 1 N–H and O–H groups in total. The largest absolute Gasteiger partial charge is 0.497 e. The number of rotatable bonds is 7. The maximum absolute atomic E-state index is 5.82. The van der Waals surface area contributed by atoms with Crippen molar-refractivity contribution >= 4 is 22.7 Å². The standard InChI is InChI=1S/C22H25N3O3S/c1-22(2,3)28-16-8-6-15(7-9-16)13-23-25-21-24-19(14-29-21)18-11-10-17(26-4)12-20(18)27-5/h6-14H,1-5H3,(H,24,25)/b23-13-. The maximum atomic E-state index is 5.82. The Kier molecular flexibility index (Phi) is 6.39. The zero-order valence-electron chi connectivity index (χ0n) is 17.2. The van der Waals surface area contributed by atoms with Crippen LogP contribution in [0.1, 0.15) is 26.3 Å². The van der Waals surface area contributed by atoms with Crippen molar-refractivity contribution in [1.29, 1.82) is 0 Å². The minimum absolute atomic E-state index is 0.216. The van der Waals surface area contributed by atoms with Crippen LogP contribution >= 0.6 is 11.3 Å². The molecule has 1 heterocycles. The summed E-state index contributed by atoms with van der Waals surface area (Å²) in [6.07, 6.45) is 1.75. The van der Waals surface area contributed by atoms with Crippen molar-refractivity contribution in [1.82, 2.24) is 4.98 Å². The second kappa shape index (κ2) is 8.96. The van der Waals surface area contributed by atoms with Gasteiger partial charge in [0.2, 0.25) is 5.13 Å². The fraction of sp³-hybridized carbons (Fsp3) is 0.273. The Labute approximate surface area is 175 Å². The first kappa shape index (κ1) is 20.7. The fourth-order valence-corrected chi connectivity index (χ4v) is 3.26. The third-order valence-corrected chi connectivity index (χ3v) is 4.61. The number of hydrogen-bond donors (Lipinski definition) is 1. The number of hydrazone groups is 1. The van der Waals surface area contributed by atoms with Crippen LogP contribution < -0.4 is 19.6 Å². The van der Waals surface area contributed by atoms with E-state index in [1.165, 1.54) is 11.3 Å². The summed E-state index contributed by atoms with van der Waals surface area (Å²) >= 11 is 1.47. The van der Waals surface area contributed by atoms with E-state index in [-0.39, 0.29) is 5.60 Å². The van der Waals surface area contributed by atoms with E-state index >= 15 is 0 Å². The lowest BCUT2D eigenvalue weighted by Crippen LogP contribution is -2.22. The molecule has 3 aromatic rings. The Morgan fingerprint density at radius 1 is 1.00 bits per heavy atom. The number of aromatic nitrogens is 1. The highest BCUT2D eigenvalue weighted by Gasteiger charge is 2.12. The number of benzene rings is 2. The van der Waals surface area contributed by atoms with Crippen molar-refractivity contribution in [3.8, 4) is 28.5 Å². The molecule has 0 atom stereocenters. The van der Waals surface area contributed by atoms with Gasteiger partial charge in [0.15, 0.2) is 0 Å². The van der Waals surface area contributed by atoms with Gasteiger partial charge in [0.25, 0.3) is 0 Å². The zero-order chi connectivity index (χ0) is 20.9. The lowest BCUT2D eigenvalue weighted by Gasteiger charge is -2.21. The summed E-state index contributed by atoms with van der Waals surface area (Å²) < 4.78 is 16.5. The molecule has 0 aliphatic rings. The van der Waals surface area contributed by atoms with Gasteiger partial charge in [0.05, 0.1) is 26.1 Å². The monoisotopic (exact) mass is 411 g/mol. The number of ether oxygens (including phenoxy) is 3. The third-order valence-electron chi connectivity index (χ3n) is 3.87. The number of methoxy groups -OCH3 is 2. The van der Waals surface area contributed by atoms with Gasteiger partial charge in [0.1, 0.15) is 22.8 Å². The molecule has 0 unspecified atom stereocenters. The van der Waals surface area contributed by atoms with E-state index in [0.717, 1.165) is 28.3 Å². The minimum Gasteiger partial charge on any atom is -0.497 e. The maximum Gasteiger partial charge on any atom is 0.203 e. The molecule has 0 aliphatic carbocycles. The molecule has 0 spiro atoms. The molecule has 152 valence electrons. The SMILES string of the molecule is COc1ccc(-c2csc(N/N=C\c3ccc(OC(C)(C)C)cc3)n2)c(OC)c1. The molecule has 3 rings (SSSR count). The van der Waals surface area contributed by atoms with E-state index < -0.39 is 0 Å². The van der Waals surface area contributed by atoms with E-state index in [1.54, 1.807) is 20.4 Å². The van der Waals surface area contributed by atoms with E-state index in [2.05, 4.69) is 15.5 Å². The first-order valence-electron chi connectivity index (χ1n) is 9.14. The van der Waals surface area contributed by atoms with Crippen LogP contribution in [0.2, 0.25) is 0 Å². The van der Waals surface area contributed by atoms with Crippen molar-refractivity contribution in [3.05, 3.63) is 53.4 Å². The summed E-state index contributed by atoms with van der Waals surface area (Å²) in [5.74, 6) is 2.28. The van der Waals surface area contributed by atoms with Crippen LogP contribution in [0.3, 0.4) is 0 Å². The molecule has 0 radical (unpaired) electrons. The van der Waals surface area contributed by atoms with Crippen molar-refractivity contribution in [2.45, 2.75) is 26.4 Å². The normalized spacial score (nSPS) is 11.5. The number of hydrogen-bond acceptors (Lipinski definition) is 7. The van der Waals surface area contributed by atoms with Crippen molar-refractivity contribution < 1.29 is 14.2 Å². The average Bonchev–Trinajstić information content (AvgIpc) is 3.16. The highest BCUT2D eigenvalue weighted by atomic mass is 32.1. The zero-order valence-corrected chi connectivity index (χ0v) is 18.0. The molecule has 0 amide bonds. The molecular formula is C22H25N3O3S. The van der Waals surface area contributed by atoms with Crippen molar-refractivity contribution in [2.75, 3.05) is 19.6 Å². The van der Waals surface area contributed by atoms with Gasteiger partial charge in [-0.2, -0.15) is 5.10 Å². The number of nitrogens with zero attached hydrogens (tertiary/aromatic N) is 2.